The van der Waals surface area contributed by atoms with Gasteiger partial charge in [0.25, 0.3) is 0 Å². The summed E-state index contributed by atoms with van der Waals surface area (Å²) in [6.45, 7) is 14.8. The highest BCUT2D eigenvalue weighted by molar-refractivity contribution is 7.95. The van der Waals surface area contributed by atoms with E-state index < -0.39 is 22.8 Å². The lowest BCUT2D eigenvalue weighted by atomic mass is 9.72. The molecule has 0 saturated carbocycles. The predicted octanol–water partition coefficient (Wildman–Crippen LogP) is 6.53. The molecule has 6 nitrogen and oxygen atoms in total. The van der Waals surface area contributed by atoms with Crippen molar-refractivity contribution in [3.8, 4) is 0 Å². The number of carbonyl (C=O) groups is 1. The summed E-state index contributed by atoms with van der Waals surface area (Å²) >= 11 is 0. The standard InChI is InChI=1S/C26H33O6PS/c1-7-20(34(29,30)21-14-12-11-13-15-21)16-17-22-23(18-26(5,6)19-24(22)27)25(8-2)33(28,31-9-3)32-10-4/h11-15H,1-2,9-10,16-19H2,3-6H3. The molecule has 0 aliphatic heterocycles. The van der Waals surface area contributed by atoms with Gasteiger partial charge in [0.05, 0.1) is 23.0 Å². The smallest absolute Gasteiger partial charge is 0.305 e. The molecule has 1 aromatic carbocycles. The third-order valence-electron chi connectivity index (χ3n) is 5.50. The molecular weight excluding hydrogens is 471 g/mol. The summed E-state index contributed by atoms with van der Waals surface area (Å²) in [5.41, 5.74) is 5.76. The van der Waals surface area contributed by atoms with Crippen molar-refractivity contribution in [2.75, 3.05) is 13.2 Å². The van der Waals surface area contributed by atoms with Crippen LogP contribution in [0.15, 0.2) is 81.2 Å². The van der Waals surface area contributed by atoms with E-state index in [1.54, 1.807) is 32.0 Å². The van der Waals surface area contributed by atoms with E-state index >= 15 is 0 Å². The molecule has 2 rings (SSSR count). The molecule has 1 aromatic rings. The van der Waals surface area contributed by atoms with E-state index in [4.69, 9.17) is 9.05 Å². The Bertz CT molecular complexity index is 1200. The predicted molar refractivity (Wildman–Crippen MR) is 134 cm³/mol. The minimum absolute atomic E-state index is 0.00915. The van der Waals surface area contributed by atoms with Gasteiger partial charge in [-0.05, 0) is 56.2 Å². The van der Waals surface area contributed by atoms with Crippen molar-refractivity contribution in [1.82, 2.24) is 0 Å². The van der Waals surface area contributed by atoms with E-state index in [0.717, 1.165) is 0 Å². The molecule has 0 fully saturated rings. The normalized spacial score (nSPS) is 16.1. The molecule has 0 bridgehead atoms. The summed E-state index contributed by atoms with van der Waals surface area (Å²) < 4.78 is 50.8. The van der Waals surface area contributed by atoms with Crippen molar-refractivity contribution in [1.29, 1.82) is 0 Å². The zero-order valence-corrected chi connectivity index (χ0v) is 22.1. The lowest BCUT2D eigenvalue weighted by molar-refractivity contribution is -0.118. The van der Waals surface area contributed by atoms with Gasteiger partial charge in [0.2, 0.25) is 9.84 Å². The fraction of sp³-hybridized carbons (Fsp3) is 0.423. The van der Waals surface area contributed by atoms with E-state index in [-0.39, 0.29) is 53.4 Å². The van der Waals surface area contributed by atoms with Gasteiger partial charge in [-0.15, -0.1) is 11.5 Å². The van der Waals surface area contributed by atoms with Crippen molar-refractivity contribution in [3.05, 3.63) is 76.3 Å². The number of hydrogen-bond acceptors (Lipinski definition) is 6. The van der Waals surface area contributed by atoms with Crippen LogP contribution in [0.1, 0.15) is 53.4 Å². The van der Waals surface area contributed by atoms with E-state index in [0.29, 0.717) is 17.6 Å². The molecule has 0 atom stereocenters. The Balaban J connectivity index is 2.55. The molecule has 0 unspecified atom stereocenters. The molecule has 0 saturated heterocycles. The number of sulfone groups is 1. The second-order valence-corrected chi connectivity index (χ2v) is 12.6. The molecule has 0 spiro atoms. The van der Waals surface area contributed by atoms with E-state index in [2.05, 4.69) is 24.6 Å². The molecule has 0 aromatic heterocycles. The lowest BCUT2D eigenvalue weighted by Crippen LogP contribution is -2.27. The van der Waals surface area contributed by atoms with Gasteiger partial charge < -0.3 is 9.05 Å². The average molecular weight is 505 g/mol. The Labute approximate surface area is 203 Å². The molecule has 184 valence electrons. The molecule has 1 aliphatic carbocycles. The van der Waals surface area contributed by atoms with Gasteiger partial charge >= 0.3 is 7.60 Å². The van der Waals surface area contributed by atoms with Crippen molar-refractivity contribution in [2.24, 2.45) is 5.41 Å². The molecule has 34 heavy (non-hydrogen) atoms. The van der Waals surface area contributed by atoms with Crippen LogP contribution >= 0.6 is 7.60 Å². The fourth-order valence-corrected chi connectivity index (χ4v) is 7.16. The monoisotopic (exact) mass is 504 g/mol. The summed E-state index contributed by atoms with van der Waals surface area (Å²) in [4.78, 5) is 13.3. The SMILES string of the molecule is C=C=C(C1=C(CCC(=C=C)S(=O)(=O)c2ccccc2)C(=O)CC(C)(C)C1)P(=O)(OCC)OCC. The summed E-state index contributed by atoms with van der Waals surface area (Å²) in [6, 6.07) is 8.02. The summed E-state index contributed by atoms with van der Waals surface area (Å²) in [6.07, 6.45) is 0.832. The maximum Gasteiger partial charge on any atom is 0.369 e. The number of hydrogen-bond donors (Lipinski definition) is 0. The summed E-state index contributed by atoms with van der Waals surface area (Å²) in [7, 11) is -7.58. The van der Waals surface area contributed by atoms with Crippen LogP contribution in [-0.2, 0) is 28.2 Å². The maximum absolute atomic E-state index is 13.6. The Hall–Kier alpha value is -2.23. The van der Waals surface area contributed by atoms with Crippen molar-refractivity contribution in [3.63, 3.8) is 0 Å². The van der Waals surface area contributed by atoms with Crippen LogP contribution < -0.4 is 0 Å². The fourth-order valence-electron chi connectivity index (χ4n) is 4.05. The average Bonchev–Trinajstić information content (AvgIpc) is 2.76. The highest BCUT2D eigenvalue weighted by atomic mass is 32.2. The Kier molecular flexibility index (Phi) is 9.45. The second kappa shape index (κ2) is 11.5. The highest BCUT2D eigenvalue weighted by Gasteiger charge is 2.40. The third-order valence-corrected chi connectivity index (χ3v) is 9.56. The molecule has 0 amide bonds. The first-order chi connectivity index (χ1) is 16.0. The van der Waals surface area contributed by atoms with Crippen LogP contribution in [0.4, 0.5) is 0 Å². The first kappa shape index (κ1) is 28.0. The molecule has 1 aliphatic rings. The van der Waals surface area contributed by atoms with Crippen LogP contribution in [0.25, 0.3) is 0 Å². The second-order valence-electron chi connectivity index (χ2n) is 8.67. The number of rotatable bonds is 11. The van der Waals surface area contributed by atoms with Crippen molar-refractivity contribution >= 4 is 23.2 Å². The van der Waals surface area contributed by atoms with Crippen LogP contribution in [0.3, 0.4) is 0 Å². The van der Waals surface area contributed by atoms with E-state index in [1.807, 2.05) is 13.8 Å². The molecular formula is C26H33O6PS. The largest absolute Gasteiger partial charge is 0.369 e. The van der Waals surface area contributed by atoms with Crippen LogP contribution in [0.2, 0.25) is 0 Å². The first-order valence-electron chi connectivity index (χ1n) is 11.2. The van der Waals surface area contributed by atoms with Gasteiger partial charge in [-0.2, -0.15) is 0 Å². The minimum atomic E-state index is -3.81. The van der Waals surface area contributed by atoms with Gasteiger partial charge in [0.15, 0.2) is 5.78 Å². The number of carbonyl (C=O) groups excluding carboxylic acids is 1. The van der Waals surface area contributed by atoms with E-state index in [9.17, 15) is 17.8 Å². The van der Waals surface area contributed by atoms with Crippen LogP contribution in [-0.4, -0.2) is 27.4 Å². The number of benzene rings is 1. The van der Waals surface area contributed by atoms with Crippen LogP contribution in [0, 0.1) is 5.41 Å². The summed E-state index contributed by atoms with van der Waals surface area (Å²) in [5.74, 6) is -0.140. The quantitative estimate of drug-likeness (QED) is 0.252. The molecule has 8 heteroatoms. The minimum Gasteiger partial charge on any atom is -0.305 e. The van der Waals surface area contributed by atoms with Crippen molar-refractivity contribution in [2.45, 2.75) is 58.3 Å². The Morgan fingerprint density at radius 1 is 1.06 bits per heavy atom. The molecule has 0 heterocycles. The zero-order valence-electron chi connectivity index (χ0n) is 20.3. The number of allylic oxidation sites excluding steroid dienone is 4. The molecule has 0 N–H and O–H groups in total. The topological polar surface area (TPSA) is 86.7 Å². The Morgan fingerprint density at radius 3 is 2.15 bits per heavy atom. The third kappa shape index (κ3) is 6.25. The van der Waals surface area contributed by atoms with E-state index in [1.165, 1.54) is 12.1 Å². The lowest BCUT2D eigenvalue weighted by Gasteiger charge is -2.34. The number of Topliss-reactive ketones (excluding diaryl/α,β-unsaturated/α-hetero) is 1. The summed E-state index contributed by atoms with van der Waals surface area (Å²) in [5, 5.41) is 0.141. The van der Waals surface area contributed by atoms with Gasteiger partial charge in [0, 0.05) is 12.0 Å². The maximum atomic E-state index is 13.6. The van der Waals surface area contributed by atoms with Gasteiger partial charge in [-0.25, -0.2) is 8.42 Å². The van der Waals surface area contributed by atoms with Gasteiger partial charge in [-0.3, -0.25) is 9.36 Å². The highest BCUT2D eigenvalue weighted by Crippen LogP contribution is 2.61. The number of ketones is 1. The Morgan fingerprint density at radius 2 is 1.65 bits per heavy atom. The van der Waals surface area contributed by atoms with Crippen LogP contribution in [0.5, 0.6) is 0 Å². The van der Waals surface area contributed by atoms with Gasteiger partial charge in [-0.1, -0.05) is 45.2 Å². The van der Waals surface area contributed by atoms with Crippen molar-refractivity contribution < 1.29 is 26.8 Å². The zero-order chi connectivity index (χ0) is 25.6. The van der Waals surface area contributed by atoms with Gasteiger partial charge in [0.1, 0.15) is 5.31 Å². The first-order valence-corrected chi connectivity index (χ1v) is 14.2. The molecule has 0 radical (unpaired) electrons.